The first kappa shape index (κ1) is 14.2. The summed E-state index contributed by atoms with van der Waals surface area (Å²) >= 11 is 3.40. The Labute approximate surface area is 126 Å². The van der Waals surface area contributed by atoms with Crippen molar-refractivity contribution in [2.75, 3.05) is 18.2 Å². The van der Waals surface area contributed by atoms with Crippen LogP contribution in [0.15, 0.2) is 40.9 Å². The predicted octanol–water partition coefficient (Wildman–Crippen LogP) is 3.52. The lowest BCUT2D eigenvalue weighted by Gasteiger charge is -2.11. The number of nitrogens with one attached hydrogen (secondary N) is 1. The van der Waals surface area contributed by atoms with E-state index in [0.717, 1.165) is 15.7 Å². The van der Waals surface area contributed by atoms with Crippen LogP contribution in [0.3, 0.4) is 0 Å². The molecular weight excluding hydrogens is 318 g/mol. The van der Waals surface area contributed by atoms with Crippen molar-refractivity contribution in [3.05, 3.63) is 52.0 Å². The van der Waals surface area contributed by atoms with E-state index in [1.807, 2.05) is 30.3 Å². The summed E-state index contributed by atoms with van der Waals surface area (Å²) in [4.78, 5) is 0. The van der Waals surface area contributed by atoms with Gasteiger partial charge in [0.25, 0.3) is 0 Å². The lowest BCUT2D eigenvalue weighted by Crippen LogP contribution is -2.02. The van der Waals surface area contributed by atoms with Gasteiger partial charge in [0.15, 0.2) is 0 Å². The van der Waals surface area contributed by atoms with Crippen molar-refractivity contribution in [2.45, 2.75) is 6.54 Å². The molecule has 0 unspecified atom stereocenters. The van der Waals surface area contributed by atoms with Crippen molar-refractivity contribution >= 4 is 27.3 Å². The summed E-state index contributed by atoms with van der Waals surface area (Å²) in [6, 6.07) is 13.3. The lowest BCUT2D eigenvalue weighted by atomic mass is 10.1. The van der Waals surface area contributed by atoms with Gasteiger partial charge in [0.2, 0.25) is 0 Å². The fraction of sp³-hybridized carbons (Fsp3) is 0.133. The Morgan fingerprint density at radius 2 is 2.10 bits per heavy atom. The first-order valence-corrected chi connectivity index (χ1v) is 6.79. The zero-order valence-corrected chi connectivity index (χ0v) is 12.6. The van der Waals surface area contributed by atoms with E-state index >= 15 is 0 Å². The van der Waals surface area contributed by atoms with E-state index in [4.69, 9.17) is 15.7 Å². The van der Waals surface area contributed by atoms with E-state index in [2.05, 4.69) is 27.3 Å². The van der Waals surface area contributed by atoms with Crippen LogP contribution in [-0.2, 0) is 6.54 Å². The van der Waals surface area contributed by atoms with Crippen LogP contribution in [0.4, 0.5) is 11.4 Å². The summed E-state index contributed by atoms with van der Waals surface area (Å²) in [5, 5.41) is 12.3. The van der Waals surface area contributed by atoms with Crippen LogP contribution in [0.2, 0.25) is 0 Å². The molecule has 2 aromatic rings. The maximum atomic E-state index is 9.08. The molecule has 0 aromatic heterocycles. The van der Waals surface area contributed by atoms with Gasteiger partial charge in [-0.3, -0.25) is 0 Å². The maximum Gasteiger partial charge on any atom is 0.141 e. The number of nitriles is 1. The Morgan fingerprint density at radius 3 is 2.75 bits per heavy atom. The third-order valence-electron chi connectivity index (χ3n) is 2.88. The van der Waals surface area contributed by atoms with Gasteiger partial charge in [0.05, 0.1) is 24.0 Å². The van der Waals surface area contributed by atoms with E-state index in [1.165, 1.54) is 0 Å². The summed E-state index contributed by atoms with van der Waals surface area (Å²) in [5.41, 5.74) is 8.88. The summed E-state index contributed by atoms with van der Waals surface area (Å²) in [6.07, 6.45) is 0. The van der Waals surface area contributed by atoms with Crippen LogP contribution in [0.25, 0.3) is 0 Å². The van der Waals surface area contributed by atoms with Crippen molar-refractivity contribution < 1.29 is 4.74 Å². The second kappa shape index (κ2) is 6.31. The van der Waals surface area contributed by atoms with E-state index in [9.17, 15) is 0 Å². The molecule has 0 bridgehead atoms. The first-order valence-electron chi connectivity index (χ1n) is 6.00. The molecule has 2 aromatic carbocycles. The first-order chi connectivity index (χ1) is 9.63. The highest BCUT2D eigenvalue weighted by molar-refractivity contribution is 9.10. The highest BCUT2D eigenvalue weighted by atomic mass is 79.9. The molecular formula is C15H14BrN3O. The Balaban J connectivity index is 2.15. The highest BCUT2D eigenvalue weighted by Gasteiger charge is 2.04. The number of nitrogens with two attached hydrogens (primary N) is 1. The summed E-state index contributed by atoms with van der Waals surface area (Å²) in [7, 11) is 1.59. The standard InChI is InChI=1S/C15H14BrN3O/c1-20-15-5-2-10(6-13(15)18)9-19-14-7-12(16)4-3-11(14)8-17/h2-7,19H,9,18H2,1H3. The molecule has 0 aliphatic heterocycles. The van der Waals surface area contributed by atoms with E-state index in [0.29, 0.717) is 23.5 Å². The van der Waals surface area contributed by atoms with Crippen LogP contribution in [0.1, 0.15) is 11.1 Å². The fourth-order valence-corrected chi connectivity index (χ4v) is 2.21. The van der Waals surface area contributed by atoms with Gasteiger partial charge in [0, 0.05) is 11.0 Å². The third-order valence-corrected chi connectivity index (χ3v) is 3.37. The second-order valence-electron chi connectivity index (χ2n) is 4.23. The van der Waals surface area contributed by atoms with Gasteiger partial charge < -0.3 is 15.8 Å². The fourth-order valence-electron chi connectivity index (χ4n) is 1.85. The number of nitrogen functional groups attached to an aromatic ring is 1. The van der Waals surface area contributed by atoms with E-state index in [1.54, 1.807) is 13.2 Å². The molecule has 5 heteroatoms. The minimum absolute atomic E-state index is 0.583. The quantitative estimate of drug-likeness (QED) is 0.841. The molecule has 0 aliphatic carbocycles. The number of rotatable bonds is 4. The molecule has 0 amide bonds. The predicted molar refractivity (Wildman–Crippen MR) is 83.6 cm³/mol. The molecule has 0 atom stereocenters. The van der Waals surface area contributed by atoms with Gasteiger partial charge in [-0.25, -0.2) is 0 Å². The molecule has 0 saturated carbocycles. The van der Waals surface area contributed by atoms with Crippen LogP contribution >= 0.6 is 15.9 Å². The van der Waals surface area contributed by atoms with Gasteiger partial charge in [0.1, 0.15) is 11.8 Å². The number of methoxy groups -OCH3 is 1. The van der Waals surface area contributed by atoms with Gasteiger partial charge in [-0.1, -0.05) is 22.0 Å². The summed E-state index contributed by atoms with van der Waals surface area (Å²) in [6.45, 7) is 0.583. The Morgan fingerprint density at radius 1 is 1.30 bits per heavy atom. The molecule has 4 nitrogen and oxygen atoms in total. The number of hydrogen-bond donors (Lipinski definition) is 2. The van der Waals surface area contributed by atoms with Crippen molar-refractivity contribution in [3.8, 4) is 11.8 Å². The van der Waals surface area contributed by atoms with E-state index < -0.39 is 0 Å². The van der Waals surface area contributed by atoms with Crippen molar-refractivity contribution in [1.29, 1.82) is 5.26 Å². The van der Waals surface area contributed by atoms with Crippen LogP contribution in [0, 0.1) is 11.3 Å². The minimum atomic E-state index is 0.583. The van der Waals surface area contributed by atoms with Crippen LogP contribution in [-0.4, -0.2) is 7.11 Å². The molecule has 0 aliphatic rings. The Bertz CT molecular complexity index is 665. The molecule has 0 spiro atoms. The number of hydrogen-bond acceptors (Lipinski definition) is 4. The third kappa shape index (κ3) is 3.22. The molecule has 0 heterocycles. The van der Waals surface area contributed by atoms with Crippen molar-refractivity contribution in [3.63, 3.8) is 0 Å². The molecule has 2 rings (SSSR count). The van der Waals surface area contributed by atoms with Gasteiger partial charge >= 0.3 is 0 Å². The molecule has 0 saturated heterocycles. The number of halogens is 1. The van der Waals surface area contributed by atoms with E-state index in [-0.39, 0.29) is 0 Å². The van der Waals surface area contributed by atoms with Gasteiger partial charge in [-0.05, 0) is 35.9 Å². The Hall–Kier alpha value is -2.19. The summed E-state index contributed by atoms with van der Waals surface area (Å²) in [5.74, 6) is 0.661. The summed E-state index contributed by atoms with van der Waals surface area (Å²) < 4.78 is 6.04. The van der Waals surface area contributed by atoms with Gasteiger partial charge in [-0.15, -0.1) is 0 Å². The average molecular weight is 332 g/mol. The topological polar surface area (TPSA) is 71.1 Å². The molecule has 20 heavy (non-hydrogen) atoms. The van der Waals surface area contributed by atoms with Crippen molar-refractivity contribution in [2.24, 2.45) is 0 Å². The normalized spacial score (nSPS) is 9.85. The number of anilines is 2. The molecule has 0 radical (unpaired) electrons. The largest absolute Gasteiger partial charge is 0.495 e. The van der Waals surface area contributed by atoms with Crippen LogP contribution in [0.5, 0.6) is 5.75 Å². The van der Waals surface area contributed by atoms with Gasteiger partial charge in [-0.2, -0.15) is 5.26 Å². The monoisotopic (exact) mass is 331 g/mol. The van der Waals surface area contributed by atoms with Crippen LogP contribution < -0.4 is 15.8 Å². The maximum absolute atomic E-state index is 9.08. The Kier molecular flexibility index (Phi) is 4.49. The molecule has 0 fully saturated rings. The zero-order valence-electron chi connectivity index (χ0n) is 11.0. The lowest BCUT2D eigenvalue weighted by molar-refractivity contribution is 0.417. The molecule has 102 valence electrons. The average Bonchev–Trinajstić information content (AvgIpc) is 2.45. The molecule has 3 N–H and O–H groups in total. The number of benzene rings is 2. The highest BCUT2D eigenvalue weighted by Crippen LogP contribution is 2.24. The second-order valence-corrected chi connectivity index (χ2v) is 5.15. The zero-order chi connectivity index (χ0) is 14.5. The van der Waals surface area contributed by atoms with Crippen molar-refractivity contribution in [1.82, 2.24) is 0 Å². The number of nitrogens with zero attached hydrogens (tertiary/aromatic N) is 1. The minimum Gasteiger partial charge on any atom is -0.495 e. The SMILES string of the molecule is COc1ccc(CNc2cc(Br)ccc2C#N)cc1N. The number of ether oxygens (including phenoxy) is 1. The smallest absolute Gasteiger partial charge is 0.141 e.